The molecule has 20 heavy (non-hydrogen) atoms. The molecule has 0 fully saturated rings. The molecule has 0 saturated heterocycles. The first-order valence-corrected chi connectivity index (χ1v) is 6.58. The Hall–Kier alpha value is -2.29. The fourth-order valence-corrected chi connectivity index (χ4v) is 2.23. The molecule has 3 nitrogen and oxygen atoms in total. The molecule has 0 N–H and O–H groups in total. The van der Waals surface area contributed by atoms with E-state index >= 15 is 0 Å². The molecule has 0 amide bonds. The van der Waals surface area contributed by atoms with Gasteiger partial charge >= 0.3 is 0 Å². The maximum Gasteiger partial charge on any atom is 0.134 e. The molecule has 2 aromatic rings. The summed E-state index contributed by atoms with van der Waals surface area (Å²) in [5, 5.41) is 0. The lowest BCUT2D eigenvalue weighted by atomic mass is 9.99. The minimum Gasteiger partial charge on any atom is -0.300 e. The van der Waals surface area contributed by atoms with Crippen LogP contribution in [0.4, 0.5) is 0 Å². The summed E-state index contributed by atoms with van der Waals surface area (Å²) in [4.78, 5) is 26.9. The topological polar surface area (TPSA) is 47.0 Å². The van der Waals surface area contributed by atoms with E-state index < -0.39 is 0 Å². The molecule has 3 heteroatoms. The fourth-order valence-electron chi connectivity index (χ4n) is 2.23. The summed E-state index contributed by atoms with van der Waals surface area (Å²) in [7, 11) is 0. The van der Waals surface area contributed by atoms with Crippen LogP contribution in [0, 0.1) is 0 Å². The van der Waals surface area contributed by atoms with Crippen molar-refractivity contribution in [2.45, 2.75) is 26.7 Å². The van der Waals surface area contributed by atoms with E-state index in [4.69, 9.17) is 0 Å². The second-order valence-corrected chi connectivity index (χ2v) is 4.97. The molecule has 1 aromatic heterocycles. The van der Waals surface area contributed by atoms with Gasteiger partial charge in [-0.15, -0.1) is 0 Å². The van der Waals surface area contributed by atoms with Crippen LogP contribution in [0.2, 0.25) is 0 Å². The normalized spacial score (nSPS) is 10.3. The highest BCUT2D eigenvalue weighted by Crippen LogP contribution is 2.23. The number of nitrogens with zero attached hydrogens (tertiary/aromatic N) is 1. The zero-order valence-corrected chi connectivity index (χ0v) is 11.7. The Morgan fingerprint density at radius 2 is 1.75 bits per heavy atom. The first-order valence-electron chi connectivity index (χ1n) is 6.58. The van der Waals surface area contributed by atoms with Gasteiger partial charge in [-0.3, -0.25) is 14.6 Å². The molecule has 0 aliphatic rings. The molecular weight excluding hydrogens is 250 g/mol. The van der Waals surface area contributed by atoms with E-state index in [2.05, 4.69) is 4.98 Å². The maximum atomic E-state index is 11.3. The quantitative estimate of drug-likeness (QED) is 0.836. The third-order valence-electron chi connectivity index (χ3n) is 2.98. The minimum absolute atomic E-state index is 0.110. The lowest BCUT2D eigenvalue weighted by molar-refractivity contribution is -0.117. The van der Waals surface area contributed by atoms with E-state index in [-0.39, 0.29) is 11.6 Å². The molecule has 2 rings (SSSR count). The number of aromatic nitrogens is 1. The molecular formula is C17H17NO2. The van der Waals surface area contributed by atoms with Crippen LogP contribution in [0.3, 0.4) is 0 Å². The van der Waals surface area contributed by atoms with Crippen molar-refractivity contribution in [1.29, 1.82) is 0 Å². The van der Waals surface area contributed by atoms with Gasteiger partial charge in [0.05, 0.1) is 5.69 Å². The van der Waals surface area contributed by atoms with Crippen molar-refractivity contribution < 1.29 is 9.59 Å². The van der Waals surface area contributed by atoms with Crippen LogP contribution in [0.15, 0.2) is 42.6 Å². The van der Waals surface area contributed by atoms with Crippen LogP contribution < -0.4 is 0 Å². The van der Waals surface area contributed by atoms with E-state index in [9.17, 15) is 9.59 Å². The average Bonchev–Trinajstić information content (AvgIpc) is 2.38. The lowest BCUT2D eigenvalue weighted by Crippen LogP contribution is -2.01. The Morgan fingerprint density at radius 1 is 1.00 bits per heavy atom. The number of rotatable bonds is 5. The molecule has 1 heterocycles. The first kappa shape index (κ1) is 14.1. The summed E-state index contributed by atoms with van der Waals surface area (Å²) in [6, 6.07) is 11.5. The van der Waals surface area contributed by atoms with Gasteiger partial charge in [-0.25, -0.2) is 0 Å². The van der Waals surface area contributed by atoms with Crippen LogP contribution in [-0.4, -0.2) is 16.6 Å². The first-order chi connectivity index (χ1) is 9.56. The molecule has 0 bridgehead atoms. The predicted molar refractivity (Wildman–Crippen MR) is 78.4 cm³/mol. The monoisotopic (exact) mass is 267 g/mol. The van der Waals surface area contributed by atoms with E-state index in [0.717, 1.165) is 22.4 Å². The molecule has 0 radical (unpaired) electrons. The standard InChI is InChI=1S/C17H17NO2/c1-12(19)9-14-5-3-6-16(11-14)17-15(10-13(2)20)7-4-8-18-17/h3-8,11H,9-10H2,1-2H3. The number of hydrogen-bond donors (Lipinski definition) is 0. The number of carbonyl (C=O) groups is 2. The smallest absolute Gasteiger partial charge is 0.134 e. The Bertz CT molecular complexity index is 647. The molecule has 0 spiro atoms. The Balaban J connectivity index is 2.40. The Kier molecular flexibility index (Phi) is 4.41. The number of hydrogen-bond acceptors (Lipinski definition) is 3. The highest BCUT2D eigenvalue weighted by Gasteiger charge is 2.09. The van der Waals surface area contributed by atoms with E-state index in [1.54, 1.807) is 20.0 Å². The molecule has 0 saturated carbocycles. The molecule has 0 atom stereocenters. The van der Waals surface area contributed by atoms with Gasteiger partial charge in [0, 0.05) is 24.6 Å². The largest absolute Gasteiger partial charge is 0.300 e. The summed E-state index contributed by atoms with van der Waals surface area (Å²) < 4.78 is 0. The summed E-state index contributed by atoms with van der Waals surface area (Å²) >= 11 is 0. The molecule has 0 aliphatic carbocycles. The van der Waals surface area contributed by atoms with Gasteiger partial charge < -0.3 is 0 Å². The summed E-state index contributed by atoms with van der Waals surface area (Å²) in [6.45, 7) is 3.15. The zero-order chi connectivity index (χ0) is 14.5. The van der Waals surface area contributed by atoms with Gasteiger partial charge in [-0.1, -0.05) is 24.3 Å². The van der Waals surface area contributed by atoms with Crippen molar-refractivity contribution in [3.63, 3.8) is 0 Å². The molecule has 0 aliphatic heterocycles. The van der Waals surface area contributed by atoms with Crippen LogP contribution in [-0.2, 0) is 22.4 Å². The van der Waals surface area contributed by atoms with Crippen LogP contribution >= 0.6 is 0 Å². The average molecular weight is 267 g/mol. The second-order valence-electron chi connectivity index (χ2n) is 4.97. The number of pyridine rings is 1. The lowest BCUT2D eigenvalue weighted by Gasteiger charge is -2.08. The molecule has 1 aromatic carbocycles. The number of ketones is 2. The van der Waals surface area contributed by atoms with Crippen LogP contribution in [0.5, 0.6) is 0 Å². The number of Topliss-reactive ketones (excluding diaryl/α,β-unsaturated/α-hetero) is 2. The van der Waals surface area contributed by atoms with Gasteiger partial charge in [-0.05, 0) is 37.1 Å². The van der Waals surface area contributed by atoms with Crippen molar-refractivity contribution in [2.24, 2.45) is 0 Å². The Labute approximate surface area is 118 Å². The highest BCUT2D eigenvalue weighted by molar-refractivity contribution is 5.81. The Morgan fingerprint density at radius 3 is 2.45 bits per heavy atom. The predicted octanol–water partition coefficient (Wildman–Crippen LogP) is 3.01. The van der Waals surface area contributed by atoms with E-state index in [0.29, 0.717) is 12.8 Å². The molecule has 0 unspecified atom stereocenters. The van der Waals surface area contributed by atoms with Gasteiger partial charge in [0.1, 0.15) is 11.6 Å². The fraction of sp³-hybridized carbons (Fsp3) is 0.235. The SMILES string of the molecule is CC(=O)Cc1cccc(-c2ncccc2CC(C)=O)c1. The second kappa shape index (κ2) is 6.24. The van der Waals surface area contributed by atoms with Gasteiger partial charge in [-0.2, -0.15) is 0 Å². The van der Waals surface area contributed by atoms with Gasteiger partial charge in [0.2, 0.25) is 0 Å². The zero-order valence-electron chi connectivity index (χ0n) is 11.7. The van der Waals surface area contributed by atoms with Crippen LogP contribution in [0.1, 0.15) is 25.0 Å². The van der Waals surface area contributed by atoms with Crippen molar-refractivity contribution in [1.82, 2.24) is 4.98 Å². The summed E-state index contributed by atoms with van der Waals surface area (Å²) in [6.07, 6.45) is 2.51. The van der Waals surface area contributed by atoms with Crippen LogP contribution in [0.25, 0.3) is 11.3 Å². The molecule has 102 valence electrons. The summed E-state index contributed by atoms with van der Waals surface area (Å²) in [5.41, 5.74) is 3.64. The minimum atomic E-state index is 0.110. The van der Waals surface area contributed by atoms with Crippen molar-refractivity contribution in [3.05, 3.63) is 53.7 Å². The third-order valence-corrected chi connectivity index (χ3v) is 2.98. The number of carbonyl (C=O) groups excluding carboxylic acids is 2. The van der Waals surface area contributed by atoms with Crippen molar-refractivity contribution >= 4 is 11.6 Å². The van der Waals surface area contributed by atoms with Crippen molar-refractivity contribution in [2.75, 3.05) is 0 Å². The summed E-state index contributed by atoms with van der Waals surface area (Å²) in [5.74, 6) is 0.242. The van der Waals surface area contributed by atoms with Gasteiger partial charge in [0.25, 0.3) is 0 Å². The third kappa shape index (κ3) is 3.60. The van der Waals surface area contributed by atoms with Crippen molar-refractivity contribution in [3.8, 4) is 11.3 Å². The van der Waals surface area contributed by atoms with E-state index in [1.807, 2.05) is 36.4 Å². The highest BCUT2D eigenvalue weighted by atomic mass is 16.1. The maximum absolute atomic E-state index is 11.3. The number of benzene rings is 1. The van der Waals surface area contributed by atoms with Gasteiger partial charge in [0.15, 0.2) is 0 Å². The van der Waals surface area contributed by atoms with E-state index in [1.165, 1.54) is 0 Å².